The summed E-state index contributed by atoms with van der Waals surface area (Å²) in [4.78, 5) is 13.4. The predicted molar refractivity (Wildman–Crippen MR) is 43.5 cm³/mol. The first-order valence-corrected chi connectivity index (χ1v) is 4.35. The third-order valence-electron chi connectivity index (χ3n) is 2.60. The summed E-state index contributed by atoms with van der Waals surface area (Å²) in [5.41, 5.74) is 5.52. The number of amides is 1. The molecule has 3 heterocycles. The average molecular weight is 170 g/mol. The molecule has 1 amide bonds. The van der Waals surface area contributed by atoms with Crippen molar-refractivity contribution >= 4 is 5.91 Å². The largest absolute Gasteiger partial charge is 0.377 e. The Labute approximate surface area is 71.7 Å². The number of nitrogens with zero attached hydrogens (tertiary/aromatic N) is 1. The maximum Gasteiger partial charge on any atom is 0.239 e. The first-order valence-electron chi connectivity index (χ1n) is 4.35. The van der Waals surface area contributed by atoms with E-state index in [1.807, 2.05) is 4.90 Å². The molecule has 2 bridgehead atoms. The van der Waals surface area contributed by atoms with Crippen LogP contribution in [0.2, 0.25) is 0 Å². The van der Waals surface area contributed by atoms with Gasteiger partial charge in [-0.15, -0.1) is 0 Å². The summed E-state index contributed by atoms with van der Waals surface area (Å²) < 4.78 is 5.26. The van der Waals surface area contributed by atoms with Crippen molar-refractivity contribution in [2.24, 2.45) is 5.73 Å². The topological polar surface area (TPSA) is 55.6 Å². The third kappa shape index (κ3) is 1.03. The highest BCUT2D eigenvalue weighted by Gasteiger charge is 2.45. The molecular weight excluding hydrogens is 156 g/mol. The number of nitrogens with two attached hydrogens (primary N) is 1. The quantitative estimate of drug-likeness (QED) is 0.568. The van der Waals surface area contributed by atoms with E-state index in [1.54, 1.807) is 6.92 Å². The summed E-state index contributed by atoms with van der Waals surface area (Å²) in [5.74, 6) is 0.0690. The summed E-state index contributed by atoms with van der Waals surface area (Å²) in [6, 6.07) is 0.248. The molecule has 4 heteroatoms. The van der Waals surface area contributed by atoms with Crippen LogP contribution < -0.4 is 5.73 Å². The highest BCUT2D eigenvalue weighted by Crippen LogP contribution is 2.30. The average Bonchev–Trinajstić information content (AvgIpc) is 2.05. The van der Waals surface area contributed by atoms with Crippen molar-refractivity contribution in [1.82, 2.24) is 4.90 Å². The number of carbonyl (C=O) groups excluding carboxylic acids is 1. The fourth-order valence-corrected chi connectivity index (χ4v) is 1.93. The van der Waals surface area contributed by atoms with Crippen molar-refractivity contribution in [3.8, 4) is 0 Å². The van der Waals surface area contributed by atoms with Crippen LogP contribution in [-0.4, -0.2) is 42.1 Å². The van der Waals surface area contributed by atoms with Gasteiger partial charge < -0.3 is 15.4 Å². The van der Waals surface area contributed by atoms with E-state index in [9.17, 15) is 4.79 Å². The lowest BCUT2D eigenvalue weighted by Crippen LogP contribution is -2.67. The minimum absolute atomic E-state index is 0.0690. The van der Waals surface area contributed by atoms with Crippen LogP contribution in [0.25, 0.3) is 0 Å². The van der Waals surface area contributed by atoms with Gasteiger partial charge in [-0.25, -0.2) is 0 Å². The van der Waals surface area contributed by atoms with E-state index in [4.69, 9.17) is 10.5 Å². The molecule has 0 aromatic heterocycles. The third-order valence-corrected chi connectivity index (χ3v) is 2.60. The summed E-state index contributed by atoms with van der Waals surface area (Å²) in [7, 11) is 0. The molecule has 3 atom stereocenters. The van der Waals surface area contributed by atoms with Gasteiger partial charge in [0.25, 0.3) is 0 Å². The Bertz CT molecular complexity index is 191. The Hall–Kier alpha value is -0.610. The van der Waals surface area contributed by atoms with Gasteiger partial charge in [-0.2, -0.15) is 0 Å². The van der Waals surface area contributed by atoms with Gasteiger partial charge >= 0.3 is 0 Å². The van der Waals surface area contributed by atoms with E-state index in [-0.39, 0.29) is 11.9 Å². The van der Waals surface area contributed by atoms with E-state index in [2.05, 4.69) is 0 Å². The van der Waals surface area contributed by atoms with Crippen LogP contribution >= 0.6 is 0 Å². The van der Waals surface area contributed by atoms with Crippen molar-refractivity contribution in [3.63, 3.8) is 0 Å². The van der Waals surface area contributed by atoms with Gasteiger partial charge in [0.1, 0.15) is 0 Å². The molecule has 12 heavy (non-hydrogen) atoms. The number of hydrogen-bond donors (Lipinski definition) is 1. The molecule has 0 spiro atoms. The van der Waals surface area contributed by atoms with Gasteiger partial charge in [0, 0.05) is 0 Å². The SMILES string of the molecule is C[C@H](N)C(=O)N1[C@H]2COC[C@H]1C2. The summed E-state index contributed by atoms with van der Waals surface area (Å²) >= 11 is 0. The summed E-state index contributed by atoms with van der Waals surface area (Å²) in [6.07, 6.45) is 1.10. The van der Waals surface area contributed by atoms with Gasteiger partial charge in [0.2, 0.25) is 5.91 Å². The molecule has 0 radical (unpaired) electrons. The molecule has 0 aliphatic carbocycles. The Balaban J connectivity index is 2.01. The van der Waals surface area contributed by atoms with Gasteiger partial charge in [-0.1, -0.05) is 0 Å². The lowest BCUT2D eigenvalue weighted by molar-refractivity contribution is -0.168. The zero-order valence-corrected chi connectivity index (χ0v) is 7.19. The van der Waals surface area contributed by atoms with E-state index in [1.165, 1.54) is 0 Å². The van der Waals surface area contributed by atoms with Crippen molar-refractivity contribution < 1.29 is 9.53 Å². The lowest BCUT2D eigenvalue weighted by Gasteiger charge is -2.52. The fourth-order valence-electron chi connectivity index (χ4n) is 1.93. The molecule has 3 aliphatic heterocycles. The zero-order chi connectivity index (χ0) is 8.72. The molecule has 4 nitrogen and oxygen atoms in total. The van der Waals surface area contributed by atoms with Gasteiger partial charge in [-0.3, -0.25) is 4.79 Å². The Morgan fingerprint density at radius 1 is 1.58 bits per heavy atom. The Morgan fingerprint density at radius 3 is 2.58 bits per heavy atom. The molecule has 0 aromatic carbocycles. The molecule has 3 aliphatic rings. The number of morpholine rings is 1. The fraction of sp³-hybridized carbons (Fsp3) is 0.875. The van der Waals surface area contributed by atoms with Gasteiger partial charge in [0.05, 0.1) is 31.3 Å². The van der Waals surface area contributed by atoms with Crippen LogP contribution in [0.4, 0.5) is 0 Å². The zero-order valence-electron chi connectivity index (χ0n) is 7.19. The lowest BCUT2D eigenvalue weighted by atomic mass is 9.90. The molecule has 3 rings (SSSR count). The number of ether oxygens (including phenoxy) is 1. The van der Waals surface area contributed by atoms with Crippen molar-refractivity contribution in [3.05, 3.63) is 0 Å². The van der Waals surface area contributed by atoms with E-state index in [0.717, 1.165) is 6.42 Å². The highest BCUT2D eigenvalue weighted by molar-refractivity contribution is 5.82. The second-order valence-electron chi connectivity index (χ2n) is 3.61. The van der Waals surface area contributed by atoms with Crippen LogP contribution in [0.15, 0.2) is 0 Å². The van der Waals surface area contributed by atoms with Crippen LogP contribution in [0.5, 0.6) is 0 Å². The Morgan fingerprint density at radius 2 is 2.17 bits per heavy atom. The number of fused-ring (bicyclic) bond motifs is 2. The van der Waals surface area contributed by atoms with Crippen molar-refractivity contribution in [1.29, 1.82) is 0 Å². The van der Waals surface area contributed by atoms with Crippen LogP contribution in [0.1, 0.15) is 13.3 Å². The van der Waals surface area contributed by atoms with E-state index in [0.29, 0.717) is 25.3 Å². The predicted octanol–water partition coefficient (Wildman–Crippen LogP) is -0.667. The standard InChI is InChI=1S/C8H14N2O2/c1-5(9)8(11)10-6-2-7(10)4-12-3-6/h5-7H,2-4,9H2,1H3/t5-,6+,7+/m0/s1. The normalized spacial score (nSPS) is 35.7. The van der Waals surface area contributed by atoms with E-state index >= 15 is 0 Å². The second-order valence-corrected chi connectivity index (χ2v) is 3.61. The maximum absolute atomic E-state index is 11.5. The molecule has 0 unspecified atom stereocenters. The number of carbonyl (C=O) groups is 1. The van der Waals surface area contributed by atoms with Gasteiger partial charge in [-0.05, 0) is 13.3 Å². The molecular formula is C8H14N2O2. The Kier molecular flexibility index (Phi) is 1.81. The number of hydrogen-bond acceptors (Lipinski definition) is 3. The molecule has 0 aromatic rings. The summed E-state index contributed by atoms with van der Waals surface area (Å²) in [6.45, 7) is 3.11. The first-order chi connectivity index (χ1) is 5.70. The minimum Gasteiger partial charge on any atom is -0.377 e. The van der Waals surface area contributed by atoms with E-state index < -0.39 is 0 Å². The first kappa shape index (κ1) is 8.01. The molecule has 3 saturated heterocycles. The van der Waals surface area contributed by atoms with Crippen LogP contribution in [-0.2, 0) is 9.53 Å². The van der Waals surface area contributed by atoms with Crippen LogP contribution in [0, 0.1) is 0 Å². The highest BCUT2D eigenvalue weighted by atomic mass is 16.5. The number of rotatable bonds is 1. The van der Waals surface area contributed by atoms with Gasteiger partial charge in [0.15, 0.2) is 0 Å². The van der Waals surface area contributed by atoms with Crippen LogP contribution in [0.3, 0.4) is 0 Å². The monoisotopic (exact) mass is 170 g/mol. The molecule has 0 saturated carbocycles. The smallest absolute Gasteiger partial charge is 0.239 e. The minimum atomic E-state index is -0.367. The van der Waals surface area contributed by atoms with Crippen molar-refractivity contribution in [2.45, 2.75) is 31.5 Å². The second kappa shape index (κ2) is 2.71. The molecule has 3 fully saturated rings. The molecule has 68 valence electrons. The molecule has 2 N–H and O–H groups in total. The van der Waals surface area contributed by atoms with Crippen molar-refractivity contribution in [2.75, 3.05) is 13.2 Å². The maximum atomic E-state index is 11.5. The summed E-state index contributed by atoms with van der Waals surface area (Å²) in [5, 5.41) is 0.